The highest BCUT2D eigenvalue weighted by atomic mass is 32.2. The van der Waals surface area contributed by atoms with Crippen LogP contribution in [0.25, 0.3) is 27.6 Å². The van der Waals surface area contributed by atoms with Gasteiger partial charge in [-0.15, -0.1) is 0 Å². The summed E-state index contributed by atoms with van der Waals surface area (Å²) in [6, 6.07) is 19.7. The van der Waals surface area contributed by atoms with Gasteiger partial charge in [0.1, 0.15) is 16.9 Å². The number of thioether (sulfide) groups is 1. The Labute approximate surface area is 214 Å². The molecule has 1 amide bonds. The van der Waals surface area contributed by atoms with E-state index >= 15 is 0 Å². The Hall–Kier alpha value is -4.44. The molecular weight excluding hydrogens is 495 g/mol. The first-order chi connectivity index (χ1) is 18.0. The zero-order chi connectivity index (χ0) is 25.9. The van der Waals surface area contributed by atoms with E-state index in [4.69, 9.17) is 4.74 Å². The highest BCUT2D eigenvalue weighted by Crippen LogP contribution is 2.27. The number of aromatic amines is 1. The summed E-state index contributed by atoms with van der Waals surface area (Å²) in [4.78, 5) is 46.4. The van der Waals surface area contributed by atoms with Gasteiger partial charge in [-0.05, 0) is 37.3 Å². The number of hydrogen-bond acceptors (Lipinski definition) is 6. The molecule has 5 aromatic rings. The third kappa shape index (κ3) is 4.70. The fraction of sp³-hybridized carbons (Fsp3) is 0.111. The number of esters is 1. The van der Waals surface area contributed by atoms with Crippen molar-refractivity contribution in [1.29, 1.82) is 0 Å². The topological polar surface area (TPSA) is 106 Å². The van der Waals surface area contributed by atoms with Crippen molar-refractivity contribution in [1.82, 2.24) is 14.5 Å². The van der Waals surface area contributed by atoms with Gasteiger partial charge in [0.15, 0.2) is 5.16 Å². The van der Waals surface area contributed by atoms with Gasteiger partial charge in [-0.2, -0.15) is 0 Å². The molecule has 0 saturated heterocycles. The number of nitrogens with zero attached hydrogens (tertiary/aromatic N) is 2. The maximum absolute atomic E-state index is 14.8. The van der Waals surface area contributed by atoms with Crippen LogP contribution < -0.4 is 10.9 Å². The zero-order valence-corrected chi connectivity index (χ0v) is 20.5. The summed E-state index contributed by atoms with van der Waals surface area (Å²) in [5.74, 6) is -1.73. The minimum atomic E-state index is -0.600. The van der Waals surface area contributed by atoms with Crippen molar-refractivity contribution in [2.75, 3.05) is 17.7 Å². The molecule has 0 aliphatic heterocycles. The maximum Gasteiger partial charge on any atom is 0.340 e. The lowest BCUT2D eigenvalue weighted by molar-refractivity contribution is -0.113. The molecule has 2 heterocycles. The van der Waals surface area contributed by atoms with E-state index < -0.39 is 23.3 Å². The number of anilines is 1. The Morgan fingerprint density at radius 3 is 2.59 bits per heavy atom. The number of benzene rings is 3. The molecule has 0 fully saturated rings. The van der Waals surface area contributed by atoms with Gasteiger partial charge < -0.3 is 15.0 Å². The number of aromatic nitrogens is 3. The van der Waals surface area contributed by atoms with Crippen molar-refractivity contribution in [2.45, 2.75) is 12.1 Å². The van der Waals surface area contributed by atoms with E-state index in [2.05, 4.69) is 15.3 Å². The van der Waals surface area contributed by atoms with Crippen LogP contribution in [0, 0.1) is 5.82 Å². The first-order valence-corrected chi connectivity index (χ1v) is 12.4. The van der Waals surface area contributed by atoms with E-state index in [1.54, 1.807) is 37.3 Å². The average molecular weight is 517 g/mol. The van der Waals surface area contributed by atoms with Crippen LogP contribution >= 0.6 is 11.8 Å². The summed E-state index contributed by atoms with van der Waals surface area (Å²) in [5.41, 5.74) is 1.46. The molecule has 186 valence electrons. The lowest BCUT2D eigenvalue weighted by Crippen LogP contribution is -2.24. The molecule has 0 radical (unpaired) electrons. The van der Waals surface area contributed by atoms with E-state index in [1.165, 1.54) is 18.2 Å². The van der Waals surface area contributed by atoms with E-state index in [-0.39, 0.29) is 34.3 Å². The molecule has 2 N–H and O–H groups in total. The van der Waals surface area contributed by atoms with Crippen LogP contribution in [0.5, 0.6) is 0 Å². The maximum atomic E-state index is 14.8. The fourth-order valence-electron chi connectivity index (χ4n) is 3.98. The molecule has 10 heteroatoms. The first kappa shape index (κ1) is 24.3. The third-order valence-corrected chi connectivity index (χ3v) is 6.56. The third-order valence-electron chi connectivity index (χ3n) is 5.62. The monoisotopic (exact) mass is 516 g/mol. The van der Waals surface area contributed by atoms with Gasteiger partial charge >= 0.3 is 5.97 Å². The quantitative estimate of drug-likeness (QED) is 0.181. The van der Waals surface area contributed by atoms with Crippen molar-refractivity contribution in [3.05, 3.63) is 94.5 Å². The normalized spacial score (nSPS) is 11.1. The molecule has 0 saturated carbocycles. The predicted octanol–water partition coefficient (Wildman–Crippen LogP) is 4.91. The van der Waals surface area contributed by atoms with Crippen molar-refractivity contribution in [3.63, 3.8) is 0 Å². The number of fused-ring (bicyclic) bond motifs is 3. The smallest absolute Gasteiger partial charge is 0.340 e. The van der Waals surface area contributed by atoms with Gasteiger partial charge in [0.2, 0.25) is 5.91 Å². The van der Waals surface area contributed by atoms with Gasteiger partial charge in [-0.25, -0.2) is 14.2 Å². The molecule has 0 bridgehead atoms. The molecule has 8 nitrogen and oxygen atoms in total. The number of nitrogens with one attached hydrogen (secondary N) is 2. The summed E-state index contributed by atoms with van der Waals surface area (Å²) in [7, 11) is 0. The lowest BCUT2D eigenvalue weighted by atomic mass is 10.2. The van der Waals surface area contributed by atoms with Crippen LogP contribution in [0.4, 0.5) is 10.1 Å². The predicted molar refractivity (Wildman–Crippen MR) is 141 cm³/mol. The zero-order valence-electron chi connectivity index (χ0n) is 19.7. The molecular formula is C27H21FN4O4S. The number of amides is 1. The van der Waals surface area contributed by atoms with Crippen LogP contribution in [-0.2, 0) is 9.53 Å². The lowest BCUT2D eigenvalue weighted by Gasteiger charge is -2.13. The van der Waals surface area contributed by atoms with Crippen LogP contribution in [0.2, 0.25) is 0 Å². The van der Waals surface area contributed by atoms with Gasteiger partial charge in [-0.3, -0.25) is 14.2 Å². The Morgan fingerprint density at radius 1 is 1.05 bits per heavy atom. The number of H-pyrrole nitrogens is 1. The summed E-state index contributed by atoms with van der Waals surface area (Å²) in [5, 5.41) is 3.61. The fourth-order valence-corrected chi connectivity index (χ4v) is 4.78. The Kier molecular flexibility index (Phi) is 6.74. The number of para-hydroxylation sites is 3. The van der Waals surface area contributed by atoms with E-state index in [0.29, 0.717) is 11.2 Å². The number of ether oxygens (including phenoxy) is 1. The molecule has 5 rings (SSSR count). The highest BCUT2D eigenvalue weighted by Gasteiger charge is 2.20. The first-order valence-electron chi connectivity index (χ1n) is 11.4. The number of carbonyl (C=O) groups excluding carboxylic acids is 2. The Balaban J connectivity index is 1.51. The summed E-state index contributed by atoms with van der Waals surface area (Å²) in [6.07, 6.45) is 0. The summed E-state index contributed by atoms with van der Waals surface area (Å²) in [6.45, 7) is 1.90. The van der Waals surface area contributed by atoms with Crippen LogP contribution in [-0.4, -0.2) is 38.8 Å². The Bertz CT molecular complexity index is 1710. The highest BCUT2D eigenvalue weighted by molar-refractivity contribution is 7.99. The van der Waals surface area contributed by atoms with E-state index in [1.807, 2.05) is 24.3 Å². The van der Waals surface area contributed by atoms with Crippen LogP contribution in [0.3, 0.4) is 0 Å². The van der Waals surface area contributed by atoms with Gasteiger partial charge in [0.25, 0.3) is 5.56 Å². The van der Waals surface area contributed by atoms with E-state index in [9.17, 15) is 18.8 Å². The second kappa shape index (κ2) is 10.3. The second-order valence-electron chi connectivity index (χ2n) is 7.98. The molecule has 0 aliphatic carbocycles. The van der Waals surface area contributed by atoms with E-state index in [0.717, 1.165) is 27.2 Å². The SMILES string of the molecule is CCOC(=O)c1ccccc1NC(=O)CSc1nc2c([nH]c3ccccc32)c(=O)n1-c1ccccc1F. The van der Waals surface area contributed by atoms with Crippen molar-refractivity contribution in [3.8, 4) is 5.69 Å². The van der Waals surface area contributed by atoms with Crippen LogP contribution in [0.15, 0.2) is 82.7 Å². The van der Waals surface area contributed by atoms with Gasteiger partial charge in [0, 0.05) is 10.9 Å². The number of rotatable bonds is 7. The number of halogens is 1. The Morgan fingerprint density at radius 2 is 1.78 bits per heavy atom. The van der Waals surface area contributed by atoms with Crippen molar-refractivity contribution in [2.24, 2.45) is 0 Å². The minimum Gasteiger partial charge on any atom is -0.462 e. The standard InChI is InChI=1S/C27H21FN4O4S/c1-2-36-26(35)17-10-4-7-13-20(17)29-22(33)15-37-27-31-23-16-9-3-6-12-19(16)30-24(23)25(34)32(27)21-14-8-5-11-18(21)28/h3-14,30H,2,15H2,1H3,(H,29,33). The van der Waals surface area contributed by atoms with Crippen molar-refractivity contribution >= 4 is 51.3 Å². The number of hydrogen-bond donors (Lipinski definition) is 2. The molecule has 0 aliphatic rings. The average Bonchev–Trinajstić information content (AvgIpc) is 3.28. The second-order valence-corrected chi connectivity index (χ2v) is 8.93. The minimum absolute atomic E-state index is 0.0242. The molecule has 3 aromatic carbocycles. The summed E-state index contributed by atoms with van der Waals surface area (Å²) < 4.78 is 21.0. The molecule has 0 atom stereocenters. The van der Waals surface area contributed by atoms with Gasteiger partial charge in [0.05, 0.1) is 29.3 Å². The molecule has 2 aromatic heterocycles. The summed E-state index contributed by atoms with van der Waals surface area (Å²) >= 11 is 0.986. The van der Waals surface area contributed by atoms with Crippen molar-refractivity contribution < 1.29 is 18.7 Å². The number of carbonyl (C=O) groups is 2. The molecule has 0 unspecified atom stereocenters. The molecule has 0 spiro atoms. The molecule has 37 heavy (non-hydrogen) atoms. The van der Waals surface area contributed by atoms with Gasteiger partial charge in [-0.1, -0.05) is 54.2 Å². The van der Waals surface area contributed by atoms with Crippen LogP contribution in [0.1, 0.15) is 17.3 Å². The largest absolute Gasteiger partial charge is 0.462 e.